The maximum Gasteiger partial charge on any atom is 0.308 e. The van der Waals surface area contributed by atoms with Crippen LogP contribution in [-0.4, -0.2) is 26.6 Å². The molecule has 0 amide bonds. The molecule has 1 aromatic carbocycles. The molecule has 0 radical (unpaired) electrons. The maximum atomic E-state index is 12.2. The van der Waals surface area contributed by atoms with Crippen molar-refractivity contribution in [3.8, 4) is 5.75 Å². The van der Waals surface area contributed by atoms with Gasteiger partial charge in [-0.2, -0.15) is 0 Å². The zero-order valence-electron chi connectivity index (χ0n) is 11.1. The molecule has 2 rings (SSSR count). The number of rotatable bonds is 6. The number of nitrogens with one attached hydrogen (secondary N) is 1. The Hall–Kier alpha value is -2.06. The van der Waals surface area contributed by atoms with Crippen LogP contribution in [0, 0.1) is 0 Å². The minimum atomic E-state index is -3.73. The summed E-state index contributed by atoms with van der Waals surface area (Å²) >= 11 is 0.935. The minimum absolute atomic E-state index is 0.0709. The topological polar surface area (TPSA) is 92.7 Å². The fraction of sp³-hybridized carbons (Fsp3) is 0.154. The number of hydrogen-bond donors (Lipinski definition) is 2. The van der Waals surface area contributed by atoms with Crippen LogP contribution in [0.4, 0.5) is 5.69 Å². The van der Waals surface area contributed by atoms with Crippen LogP contribution < -0.4 is 9.46 Å². The maximum absolute atomic E-state index is 12.2. The number of sulfonamides is 1. The molecule has 0 spiro atoms. The number of thiophene rings is 1. The number of carboxylic acids is 1. The zero-order chi connectivity index (χ0) is 15.5. The van der Waals surface area contributed by atoms with Crippen LogP contribution in [0.5, 0.6) is 5.75 Å². The van der Waals surface area contributed by atoms with Gasteiger partial charge < -0.3 is 9.84 Å². The molecule has 0 aliphatic rings. The molecule has 8 heteroatoms. The second-order valence-corrected chi connectivity index (χ2v) is 7.21. The van der Waals surface area contributed by atoms with E-state index in [-0.39, 0.29) is 10.6 Å². The Kier molecular flexibility index (Phi) is 4.49. The summed E-state index contributed by atoms with van der Waals surface area (Å²) in [5.41, 5.74) is 0.377. The Morgan fingerprint density at radius 3 is 2.76 bits per heavy atom. The van der Waals surface area contributed by atoms with Gasteiger partial charge in [0.25, 0.3) is 10.0 Å². The van der Waals surface area contributed by atoms with E-state index in [0.29, 0.717) is 16.3 Å². The number of carbonyl (C=O) groups is 1. The van der Waals surface area contributed by atoms with Crippen LogP contribution in [0.25, 0.3) is 0 Å². The lowest BCUT2D eigenvalue weighted by molar-refractivity contribution is -0.136. The van der Waals surface area contributed by atoms with E-state index in [1.807, 2.05) is 0 Å². The van der Waals surface area contributed by atoms with Crippen molar-refractivity contribution in [2.45, 2.75) is 10.6 Å². The van der Waals surface area contributed by atoms with E-state index in [2.05, 4.69) is 4.72 Å². The second kappa shape index (κ2) is 6.15. The highest BCUT2D eigenvalue weighted by Gasteiger charge is 2.18. The van der Waals surface area contributed by atoms with E-state index in [9.17, 15) is 13.2 Å². The summed E-state index contributed by atoms with van der Waals surface area (Å²) in [4.78, 5) is 11.1. The van der Waals surface area contributed by atoms with Crippen molar-refractivity contribution in [1.29, 1.82) is 0 Å². The third kappa shape index (κ3) is 3.96. The summed E-state index contributed by atoms with van der Waals surface area (Å²) in [6.45, 7) is 0. The van der Waals surface area contributed by atoms with Gasteiger partial charge >= 0.3 is 5.97 Å². The van der Waals surface area contributed by atoms with E-state index in [1.54, 1.807) is 24.3 Å². The minimum Gasteiger partial charge on any atom is -0.497 e. The summed E-state index contributed by atoms with van der Waals surface area (Å²) in [5.74, 6) is -0.463. The Morgan fingerprint density at radius 2 is 2.10 bits per heavy atom. The Labute approximate surface area is 126 Å². The van der Waals surface area contributed by atoms with E-state index in [4.69, 9.17) is 9.84 Å². The molecule has 2 N–H and O–H groups in total. The third-order valence-electron chi connectivity index (χ3n) is 2.55. The number of ether oxygens (including phenoxy) is 1. The molecule has 21 heavy (non-hydrogen) atoms. The highest BCUT2D eigenvalue weighted by Crippen LogP contribution is 2.25. The number of methoxy groups -OCH3 is 1. The monoisotopic (exact) mass is 327 g/mol. The van der Waals surface area contributed by atoms with Crippen LogP contribution in [0.2, 0.25) is 0 Å². The van der Waals surface area contributed by atoms with Gasteiger partial charge in [-0.1, -0.05) is 6.07 Å². The third-order valence-corrected chi connectivity index (χ3v) is 5.51. The zero-order valence-corrected chi connectivity index (χ0v) is 12.7. The van der Waals surface area contributed by atoms with Crippen molar-refractivity contribution in [3.63, 3.8) is 0 Å². The molecule has 1 heterocycles. The van der Waals surface area contributed by atoms with Crippen LogP contribution in [-0.2, 0) is 21.2 Å². The largest absolute Gasteiger partial charge is 0.497 e. The summed E-state index contributed by atoms with van der Waals surface area (Å²) in [7, 11) is -2.24. The molecule has 0 bridgehead atoms. The first kappa shape index (κ1) is 15.3. The first-order chi connectivity index (χ1) is 9.90. The normalized spacial score (nSPS) is 11.1. The second-order valence-electron chi connectivity index (χ2n) is 4.13. The molecule has 1 aromatic heterocycles. The Balaban J connectivity index is 2.21. The van der Waals surface area contributed by atoms with Gasteiger partial charge in [0.1, 0.15) is 9.96 Å². The average molecular weight is 327 g/mol. The fourth-order valence-electron chi connectivity index (χ4n) is 1.64. The molecule has 0 unspecified atom stereocenters. The number of carboxylic acid groups (broad SMARTS) is 1. The summed E-state index contributed by atoms with van der Waals surface area (Å²) in [5, 5.41) is 8.70. The van der Waals surface area contributed by atoms with Crippen LogP contribution in [0.3, 0.4) is 0 Å². The van der Waals surface area contributed by atoms with Gasteiger partial charge in [0.2, 0.25) is 0 Å². The van der Waals surface area contributed by atoms with Crippen molar-refractivity contribution in [2.75, 3.05) is 11.8 Å². The molecule has 0 aliphatic carbocycles. The van der Waals surface area contributed by atoms with Crippen LogP contribution >= 0.6 is 11.3 Å². The SMILES string of the molecule is COc1cccc(NS(=O)(=O)c2ccc(CC(=O)O)s2)c1. The first-order valence-electron chi connectivity index (χ1n) is 5.88. The van der Waals surface area contributed by atoms with E-state index >= 15 is 0 Å². The van der Waals surface area contributed by atoms with E-state index in [1.165, 1.54) is 19.2 Å². The quantitative estimate of drug-likeness (QED) is 0.848. The standard InChI is InChI=1S/C13H13NO5S2/c1-19-10-4-2-3-9(7-10)14-21(17,18)13-6-5-11(20-13)8-12(15)16/h2-7,14H,8H2,1H3,(H,15,16). The summed E-state index contributed by atoms with van der Waals surface area (Å²) < 4.78 is 32.0. The van der Waals surface area contributed by atoms with Crippen molar-refractivity contribution in [1.82, 2.24) is 0 Å². The van der Waals surface area contributed by atoms with Crippen molar-refractivity contribution < 1.29 is 23.1 Å². The lowest BCUT2D eigenvalue weighted by atomic mass is 10.3. The van der Waals surface area contributed by atoms with Gasteiger partial charge in [0, 0.05) is 10.9 Å². The summed E-state index contributed by atoms with van der Waals surface area (Å²) in [6.07, 6.45) is -0.195. The molecular formula is C13H13NO5S2. The molecule has 0 atom stereocenters. The van der Waals surface area contributed by atoms with Crippen LogP contribution in [0.1, 0.15) is 4.88 Å². The molecule has 0 saturated carbocycles. The van der Waals surface area contributed by atoms with Crippen LogP contribution in [0.15, 0.2) is 40.6 Å². The predicted octanol–water partition coefficient (Wildman–Crippen LogP) is 2.18. The highest BCUT2D eigenvalue weighted by atomic mass is 32.2. The first-order valence-corrected chi connectivity index (χ1v) is 8.18. The average Bonchev–Trinajstić information content (AvgIpc) is 2.87. The van der Waals surface area contributed by atoms with Gasteiger partial charge in [-0.15, -0.1) is 11.3 Å². The van der Waals surface area contributed by atoms with Gasteiger partial charge in [0.05, 0.1) is 19.2 Å². The lowest BCUT2D eigenvalue weighted by Crippen LogP contribution is -2.11. The van der Waals surface area contributed by atoms with Gasteiger partial charge in [-0.05, 0) is 24.3 Å². The number of aliphatic carboxylic acids is 1. The smallest absolute Gasteiger partial charge is 0.308 e. The molecular weight excluding hydrogens is 314 g/mol. The molecule has 0 fully saturated rings. The molecule has 2 aromatic rings. The predicted molar refractivity (Wildman–Crippen MR) is 79.5 cm³/mol. The van der Waals surface area contributed by atoms with Crippen molar-refractivity contribution in [3.05, 3.63) is 41.3 Å². The molecule has 0 aliphatic heterocycles. The number of benzene rings is 1. The number of hydrogen-bond acceptors (Lipinski definition) is 5. The fourth-order valence-corrected chi connectivity index (χ4v) is 4.03. The van der Waals surface area contributed by atoms with E-state index < -0.39 is 16.0 Å². The van der Waals surface area contributed by atoms with Gasteiger partial charge in [-0.3, -0.25) is 9.52 Å². The van der Waals surface area contributed by atoms with E-state index in [0.717, 1.165) is 11.3 Å². The lowest BCUT2D eigenvalue weighted by Gasteiger charge is -2.07. The molecule has 0 saturated heterocycles. The summed E-state index contributed by atoms with van der Waals surface area (Å²) in [6, 6.07) is 9.42. The van der Waals surface area contributed by atoms with Crippen molar-refractivity contribution >= 4 is 33.0 Å². The highest BCUT2D eigenvalue weighted by molar-refractivity contribution is 7.94. The van der Waals surface area contributed by atoms with Gasteiger partial charge in [0.15, 0.2) is 0 Å². The Bertz CT molecular complexity index is 751. The molecule has 6 nitrogen and oxygen atoms in total. The Morgan fingerprint density at radius 1 is 1.33 bits per heavy atom. The number of anilines is 1. The van der Waals surface area contributed by atoms with Gasteiger partial charge in [-0.25, -0.2) is 8.42 Å². The van der Waals surface area contributed by atoms with Crippen molar-refractivity contribution in [2.24, 2.45) is 0 Å². The molecule has 112 valence electrons.